The normalized spacial score (nSPS) is 18.6. The maximum Gasteiger partial charge on any atom is 0.272 e. The number of rotatable bonds is 5. The van der Waals surface area contributed by atoms with Crippen molar-refractivity contribution in [3.05, 3.63) is 53.7 Å². The molecule has 1 N–H and O–H groups in total. The van der Waals surface area contributed by atoms with E-state index in [-0.39, 0.29) is 5.91 Å². The zero-order chi connectivity index (χ0) is 18.5. The second kappa shape index (κ2) is 8.48. The molecule has 1 aliphatic heterocycles. The first-order valence-corrected chi connectivity index (χ1v) is 9.94. The van der Waals surface area contributed by atoms with Gasteiger partial charge in [-0.05, 0) is 30.5 Å². The van der Waals surface area contributed by atoms with E-state index in [9.17, 15) is 4.79 Å². The molecular formula is C21H27N5O. The topological polar surface area (TPSA) is 61.4 Å². The van der Waals surface area contributed by atoms with Gasteiger partial charge in [-0.15, -0.1) is 10.2 Å². The lowest BCUT2D eigenvalue weighted by Gasteiger charge is -2.35. The Bertz CT molecular complexity index is 735. The Morgan fingerprint density at radius 2 is 1.70 bits per heavy atom. The largest absolute Gasteiger partial charge is 0.353 e. The molecule has 0 radical (unpaired) electrons. The Kier molecular flexibility index (Phi) is 5.63. The lowest BCUT2D eigenvalue weighted by atomic mass is 10.2. The molecule has 142 valence electrons. The number of aromatic nitrogens is 2. The molecule has 27 heavy (non-hydrogen) atoms. The third-order valence-corrected chi connectivity index (χ3v) is 5.52. The molecule has 1 aromatic carbocycles. The molecule has 1 saturated heterocycles. The standard InChI is InChI=1S/C21H27N5O/c27-21(22-18-8-4-5-9-18)19-10-11-20(24-23-19)26-14-12-25(13-15-26)16-17-6-2-1-3-7-17/h1-3,6-7,10-11,18H,4-5,8-9,12-16H2,(H,22,27). The van der Waals surface area contributed by atoms with Gasteiger partial charge in [-0.1, -0.05) is 43.2 Å². The van der Waals surface area contributed by atoms with E-state index in [1.807, 2.05) is 6.07 Å². The fourth-order valence-electron chi connectivity index (χ4n) is 3.92. The number of hydrogen-bond donors (Lipinski definition) is 1. The molecular weight excluding hydrogens is 338 g/mol. The van der Waals surface area contributed by atoms with E-state index in [4.69, 9.17) is 0 Å². The van der Waals surface area contributed by atoms with Gasteiger partial charge in [0.15, 0.2) is 11.5 Å². The molecule has 1 amide bonds. The Morgan fingerprint density at radius 1 is 0.963 bits per heavy atom. The summed E-state index contributed by atoms with van der Waals surface area (Å²) in [4.78, 5) is 17.0. The second-order valence-corrected chi connectivity index (χ2v) is 7.48. The second-order valence-electron chi connectivity index (χ2n) is 7.48. The number of nitrogens with zero attached hydrogens (tertiary/aromatic N) is 4. The van der Waals surface area contributed by atoms with Gasteiger partial charge >= 0.3 is 0 Å². The summed E-state index contributed by atoms with van der Waals surface area (Å²) in [6, 6.07) is 14.6. The summed E-state index contributed by atoms with van der Waals surface area (Å²) >= 11 is 0. The number of amides is 1. The number of nitrogens with one attached hydrogen (secondary N) is 1. The van der Waals surface area contributed by atoms with Gasteiger partial charge in [0, 0.05) is 38.8 Å². The molecule has 0 unspecified atom stereocenters. The summed E-state index contributed by atoms with van der Waals surface area (Å²) in [5, 5.41) is 11.5. The highest BCUT2D eigenvalue weighted by molar-refractivity contribution is 5.92. The molecule has 4 rings (SSSR count). The molecule has 2 heterocycles. The SMILES string of the molecule is O=C(NC1CCCC1)c1ccc(N2CCN(Cc3ccccc3)CC2)nn1. The minimum atomic E-state index is -0.103. The van der Waals surface area contributed by atoms with Crippen molar-refractivity contribution >= 4 is 11.7 Å². The molecule has 6 nitrogen and oxygen atoms in total. The quantitative estimate of drug-likeness (QED) is 0.882. The molecule has 1 aromatic heterocycles. The van der Waals surface area contributed by atoms with Gasteiger partial charge in [-0.3, -0.25) is 9.69 Å². The minimum absolute atomic E-state index is 0.103. The third kappa shape index (κ3) is 4.63. The monoisotopic (exact) mass is 365 g/mol. The van der Waals surface area contributed by atoms with Gasteiger partial charge in [0.1, 0.15) is 0 Å². The van der Waals surface area contributed by atoms with Crippen molar-refractivity contribution in [2.75, 3.05) is 31.1 Å². The fraction of sp³-hybridized carbons (Fsp3) is 0.476. The van der Waals surface area contributed by atoms with Crippen LogP contribution in [0.1, 0.15) is 41.7 Å². The van der Waals surface area contributed by atoms with Crippen LogP contribution >= 0.6 is 0 Å². The lowest BCUT2D eigenvalue weighted by molar-refractivity contribution is 0.0932. The maximum absolute atomic E-state index is 12.3. The predicted octanol–water partition coefficient (Wildman–Crippen LogP) is 2.47. The molecule has 1 aliphatic carbocycles. The number of anilines is 1. The molecule has 2 aliphatic rings. The summed E-state index contributed by atoms with van der Waals surface area (Å²) in [5.74, 6) is 0.750. The highest BCUT2D eigenvalue weighted by Gasteiger charge is 2.21. The highest BCUT2D eigenvalue weighted by Crippen LogP contribution is 2.18. The molecule has 0 bridgehead atoms. The fourth-order valence-corrected chi connectivity index (χ4v) is 3.92. The van der Waals surface area contributed by atoms with E-state index in [0.717, 1.165) is 51.4 Å². The Morgan fingerprint density at radius 3 is 2.37 bits per heavy atom. The smallest absolute Gasteiger partial charge is 0.272 e. The van der Waals surface area contributed by atoms with Crippen LogP contribution in [0.5, 0.6) is 0 Å². The van der Waals surface area contributed by atoms with E-state index in [1.165, 1.54) is 18.4 Å². The molecule has 0 spiro atoms. The van der Waals surface area contributed by atoms with Crippen LogP contribution in [0.4, 0.5) is 5.82 Å². The van der Waals surface area contributed by atoms with Crippen molar-refractivity contribution in [3.63, 3.8) is 0 Å². The molecule has 6 heteroatoms. The van der Waals surface area contributed by atoms with Crippen LogP contribution in [0.3, 0.4) is 0 Å². The summed E-state index contributed by atoms with van der Waals surface area (Å²) in [7, 11) is 0. The number of carbonyl (C=O) groups is 1. The average Bonchev–Trinajstić information content (AvgIpc) is 3.22. The highest BCUT2D eigenvalue weighted by atomic mass is 16.2. The predicted molar refractivity (Wildman–Crippen MR) is 106 cm³/mol. The summed E-state index contributed by atoms with van der Waals surface area (Å²) in [6.45, 7) is 4.84. The van der Waals surface area contributed by atoms with E-state index >= 15 is 0 Å². The molecule has 1 saturated carbocycles. The van der Waals surface area contributed by atoms with E-state index in [0.29, 0.717) is 11.7 Å². The molecule has 0 atom stereocenters. The van der Waals surface area contributed by atoms with Crippen LogP contribution in [-0.4, -0.2) is 53.2 Å². The van der Waals surface area contributed by atoms with Gasteiger partial charge in [-0.25, -0.2) is 0 Å². The van der Waals surface area contributed by atoms with Gasteiger partial charge in [0.2, 0.25) is 0 Å². The zero-order valence-corrected chi connectivity index (χ0v) is 15.7. The van der Waals surface area contributed by atoms with Crippen molar-refractivity contribution in [1.29, 1.82) is 0 Å². The van der Waals surface area contributed by atoms with E-state index in [1.54, 1.807) is 6.07 Å². The molecule has 2 fully saturated rings. The summed E-state index contributed by atoms with van der Waals surface area (Å²) in [5.41, 5.74) is 1.76. The zero-order valence-electron chi connectivity index (χ0n) is 15.7. The van der Waals surface area contributed by atoms with Gasteiger partial charge in [0.25, 0.3) is 5.91 Å². The van der Waals surface area contributed by atoms with Crippen molar-refractivity contribution in [2.45, 2.75) is 38.3 Å². The van der Waals surface area contributed by atoms with Crippen molar-refractivity contribution in [3.8, 4) is 0 Å². The minimum Gasteiger partial charge on any atom is -0.353 e. The summed E-state index contributed by atoms with van der Waals surface area (Å²) < 4.78 is 0. The van der Waals surface area contributed by atoms with Gasteiger partial charge in [0.05, 0.1) is 0 Å². The number of piperazine rings is 1. The van der Waals surface area contributed by atoms with Crippen LogP contribution in [0, 0.1) is 0 Å². The number of benzene rings is 1. The van der Waals surface area contributed by atoms with E-state index in [2.05, 4.69) is 55.6 Å². The van der Waals surface area contributed by atoms with Crippen molar-refractivity contribution < 1.29 is 4.79 Å². The average molecular weight is 365 g/mol. The Labute approximate surface area is 160 Å². The van der Waals surface area contributed by atoms with Crippen LogP contribution < -0.4 is 10.2 Å². The van der Waals surface area contributed by atoms with Crippen LogP contribution in [-0.2, 0) is 6.54 Å². The van der Waals surface area contributed by atoms with Gasteiger partial charge < -0.3 is 10.2 Å². The summed E-state index contributed by atoms with van der Waals surface area (Å²) in [6.07, 6.45) is 4.55. The lowest BCUT2D eigenvalue weighted by Crippen LogP contribution is -2.46. The van der Waals surface area contributed by atoms with E-state index < -0.39 is 0 Å². The molecule has 2 aromatic rings. The number of carbonyl (C=O) groups excluding carboxylic acids is 1. The third-order valence-electron chi connectivity index (χ3n) is 5.52. The van der Waals surface area contributed by atoms with Crippen molar-refractivity contribution in [1.82, 2.24) is 20.4 Å². The maximum atomic E-state index is 12.3. The Hall–Kier alpha value is -2.47. The number of hydrogen-bond acceptors (Lipinski definition) is 5. The first kappa shape index (κ1) is 17.9. The van der Waals surface area contributed by atoms with Gasteiger partial charge in [-0.2, -0.15) is 0 Å². The first-order valence-electron chi connectivity index (χ1n) is 9.94. The Balaban J connectivity index is 1.29. The van der Waals surface area contributed by atoms with Crippen LogP contribution in [0.15, 0.2) is 42.5 Å². The van der Waals surface area contributed by atoms with Crippen LogP contribution in [0.25, 0.3) is 0 Å². The van der Waals surface area contributed by atoms with Crippen molar-refractivity contribution in [2.24, 2.45) is 0 Å². The van der Waals surface area contributed by atoms with Crippen LogP contribution in [0.2, 0.25) is 0 Å². The first-order chi connectivity index (χ1) is 13.3.